The molecule has 0 aliphatic heterocycles. The van der Waals surface area contributed by atoms with E-state index in [1.54, 1.807) is 0 Å². The summed E-state index contributed by atoms with van der Waals surface area (Å²) in [6, 6.07) is 0. The van der Waals surface area contributed by atoms with Crippen LogP contribution in [0, 0.1) is 0 Å². The van der Waals surface area contributed by atoms with Gasteiger partial charge in [0.2, 0.25) is 0 Å². The number of aryl methyl sites for hydroxylation is 1. The lowest BCUT2D eigenvalue weighted by atomic mass is 10.4. The van der Waals surface area contributed by atoms with Crippen molar-refractivity contribution in [3.8, 4) is 0 Å². The quantitative estimate of drug-likeness (QED) is 0.489. The van der Waals surface area contributed by atoms with Crippen LogP contribution in [0.4, 0.5) is 0 Å². The molecule has 2 aromatic rings. The smallest absolute Gasteiger partial charge is 0.342 e. The van der Waals surface area contributed by atoms with Crippen LogP contribution < -0.4 is 16.9 Å². The number of hydrogen-bond donors (Lipinski definition) is 4. The molecule has 0 aromatic carbocycles. The SMILES string of the molecule is O=c1[nH]c2c(=O)n(S)c(=O)n(CCCO)c2[nH]1. The van der Waals surface area contributed by atoms with E-state index in [4.69, 9.17) is 5.11 Å². The first kappa shape index (κ1) is 11.7. The Hall–Kier alpha value is -1.74. The molecule has 92 valence electrons. The molecule has 0 atom stereocenters. The number of aromatic nitrogens is 4. The minimum Gasteiger partial charge on any atom is -0.396 e. The third kappa shape index (κ3) is 1.83. The Balaban J connectivity index is 2.85. The minimum atomic E-state index is -0.688. The molecule has 8 nitrogen and oxygen atoms in total. The Bertz CT molecular complexity index is 722. The van der Waals surface area contributed by atoms with Gasteiger partial charge in [-0.15, -0.1) is 0 Å². The molecule has 0 aliphatic carbocycles. The minimum absolute atomic E-state index is 0.0115. The number of nitrogens with one attached hydrogen (secondary N) is 2. The predicted molar refractivity (Wildman–Crippen MR) is 63.5 cm³/mol. The van der Waals surface area contributed by atoms with Crippen LogP contribution in [0.2, 0.25) is 0 Å². The summed E-state index contributed by atoms with van der Waals surface area (Å²) < 4.78 is 1.79. The number of nitrogens with zero attached hydrogens (tertiary/aromatic N) is 2. The average Bonchev–Trinajstić information content (AvgIpc) is 2.68. The van der Waals surface area contributed by atoms with E-state index >= 15 is 0 Å². The first-order chi connectivity index (χ1) is 8.06. The molecule has 0 saturated carbocycles. The van der Waals surface area contributed by atoms with Gasteiger partial charge >= 0.3 is 11.4 Å². The first-order valence-electron chi connectivity index (χ1n) is 4.84. The van der Waals surface area contributed by atoms with E-state index in [1.165, 1.54) is 4.57 Å². The fourth-order valence-corrected chi connectivity index (χ4v) is 1.78. The lowest BCUT2D eigenvalue weighted by Gasteiger charge is -2.06. The molecular formula is C8H10N4O4S. The number of aliphatic hydroxyl groups is 1. The van der Waals surface area contributed by atoms with Crippen molar-refractivity contribution in [3.05, 3.63) is 31.3 Å². The maximum atomic E-state index is 11.8. The summed E-state index contributed by atoms with van der Waals surface area (Å²) in [4.78, 5) is 39.2. The van der Waals surface area contributed by atoms with Crippen molar-refractivity contribution < 1.29 is 5.11 Å². The fraction of sp³-hybridized carbons (Fsp3) is 0.375. The Morgan fingerprint density at radius 1 is 1.24 bits per heavy atom. The molecule has 17 heavy (non-hydrogen) atoms. The normalized spacial score (nSPS) is 11.2. The molecule has 2 rings (SSSR count). The van der Waals surface area contributed by atoms with Gasteiger partial charge in [-0.3, -0.25) is 19.3 Å². The van der Waals surface area contributed by atoms with Crippen LogP contribution in [0.1, 0.15) is 6.42 Å². The largest absolute Gasteiger partial charge is 0.396 e. The molecule has 0 bridgehead atoms. The van der Waals surface area contributed by atoms with Gasteiger partial charge in [-0.2, -0.15) is 0 Å². The maximum absolute atomic E-state index is 11.8. The van der Waals surface area contributed by atoms with Gasteiger partial charge in [-0.05, 0) is 6.42 Å². The number of fused-ring (bicyclic) bond motifs is 1. The predicted octanol–water partition coefficient (Wildman–Crippen LogP) is -1.75. The summed E-state index contributed by atoms with van der Waals surface area (Å²) in [6.07, 6.45) is 0.328. The highest BCUT2D eigenvalue weighted by Crippen LogP contribution is 2.00. The molecule has 0 amide bonds. The van der Waals surface area contributed by atoms with Crippen molar-refractivity contribution in [3.63, 3.8) is 0 Å². The molecule has 0 fully saturated rings. The van der Waals surface area contributed by atoms with E-state index < -0.39 is 16.9 Å². The van der Waals surface area contributed by atoms with Crippen LogP contribution in [-0.2, 0) is 6.54 Å². The standard InChI is InChI=1S/C8H10N4O4S/c13-3-1-2-11-5-4(9-7(15)10-5)6(14)12(17)8(11)16/h13,17H,1-3H2,(H2,9,10,15). The summed E-state index contributed by atoms with van der Waals surface area (Å²) in [7, 11) is 0. The van der Waals surface area contributed by atoms with Crippen LogP contribution >= 0.6 is 12.8 Å². The second-order valence-electron chi connectivity index (χ2n) is 3.43. The highest BCUT2D eigenvalue weighted by molar-refractivity contribution is 7.78. The second-order valence-corrected chi connectivity index (χ2v) is 3.83. The Labute approximate surface area is 99.1 Å². The number of hydrogen-bond acceptors (Lipinski definition) is 5. The van der Waals surface area contributed by atoms with Crippen LogP contribution in [0.25, 0.3) is 11.2 Å². The fourth-order valence-electron chi connectivity index (χ4n) is 1.57. The molecule has 0 spiro atoms. The highest BCUT2D eigenvalue weighted by Gasteiger charge is 2.13. The zero-order valence-corrected chi connectivity index (χ0v) is 9.53. The lowest BCUT2D eigenvalue weighted by molar-refractivity contribution is 0.279. The molecule has 0 aliphatic rings. The van der Waals surface area contributed by atoms with Crippen LogP contribution in [0.3, 0.4) is 0 Å². The van der Waals surface area contributed by atoms with Gasteiger partial charge in [0.05, 0.1) is 0 Å². The van der Waals surface area contributed by atoms with E-state index in [0.29, 0.717) is 10.4 Å². The number of aliphatic hydroxyl groups excluding tert-OH is 1. The van der Waals surface area contributed by atoms with Gasteiger partial charge in [0.1, 0.15) is 5.65 Å². The number of thiol groups is 1. The maximum Gasteiger partial charge on any atom is 0.342 e. The van der Waals surface area contributed by atoms with Crippen molar-refractivity contribution in [2.75, 3.05) is 6.61 Å². The molecular weight excluding hydrogens is 248 g/mol. The van der Waals surface area contributed by atoms with Gasteiger partial charge in [-0.1, -0.05) is 12.8 Å². The van der Waals surface area contributed by atoms with Gasteiger partial charge in [0.25, 0.3) is 5.56 Å². The molecule has 3 N–H and O–H groups in total. The number of aromatic amines is 2. The van der Waals surface area contributed by atoms with Gasteiger partial charge < -0.3 is 5.11 Å². The summed E-state index contributed by atoms with van der Waals surface area (Å²) >= 11 is 3.76. The summed E-state index contributed by atoms with van der Waals surface area (Å²) in [5.41, 5.74) is -1.82. The molecule has 2 heterocycles. The van der Waals surface area contributed by atoms with Crippen molar-refractivity contribution in [1.29, 1.82) is 0 Å². The third-order valence-corrected chi connectivity index (χ3v) is 2.69. The zero-order valence-electron chi connectivity index (χ0n) is 8.63. The zero-order chi connectivity index (χ0) is 12.6. The van der Waals surface area contributed by atoms with Crippen molar-refractivity contribution >= 4 is 24.0 Å². The van der Waals surface area contributed by atoms with E-state index in [9.17, 15) is 14.4 Å². The molecule has 0 unspecified atom stereocenters. The van der Waals surface area contributed by atoms with Crippen LogP contribution in [0.15, 0.2) is 14.4 Å². The third-order valence-electron chi connectivity index (χ3n) is 2.34. The van der Waals surface area contributed by atoms with E-state index in [2.05, 4.69) is 22.8 Å². The Kier molecular flexibility index (Phi) is 2.94. The van der Waals surface area contributed by atoms with Crippen LogP contribution in [-0.4, -0.2) is 30.2 Å². The van der Waals surface area contributed by atoms with Gasteiger partial charge in [-0.25, -0.2) is 13.6 Å². The van der Waals surface area contributed by atoms with E-state index in [-0.39, 0.29) is 24.3 Å². The molecule has 2 aromatic heterocycles. The topological polar surface area (TPSA) is 113 Å². The molecule has 9 heteroatoms. The summed E-state index contributed by atoms with van der Waals surface area (Å²) in [6.45, 7) is 0.0781. The van der Waals surface area contributed by atoms with Crippen molar-refractivity contribution in [2.45, 2.75) is 13.0 Å². The number of H-pyrrole nitrogens is 2. The summed E-state index contributed by atoms with van der Waals surface area (Å²) in [5.74, 6) is 0. The second kappa shape index (κ2) is 4.26. The average molecular weight is 258 g/mol. The van der Waals surface area contributed by atoms with Gasteiger partial charge in [0, 0.05) is 13.2 Å². The monoisotopic (exact) mass is 258 g/mol. The number of rotatable bonds is 3. The Morgan fingerprint density at radius 2 is 1.94 bits per heavy atom. The van der Waals surface area contributed by atoms with Crippen molar-refractivity contribution in [2.24, 2.45) is 0 Å². The first-order valence-corrected chi connectivity index (χ1v) is 5.24. The molecule has 0 saturated heterocycles. The van der Waals surface area contributed by atoms with Crippen LogP contribution in [0.5, 0.6) is 0 Å². The van der Waals surface area contributed by atoms with Gasteiger partial charge in [0.15, 0.2) is 5.52 Å². The summed E-state index contributed by atoms with van der Waals surface area (Å²) in [5, 5.41) is 8.74. The van der Waals surface area contributed by atoms with E-state index in [1.807, 2.05) is 0 Å². The lowest BCUT2D eigenvalue weighted by Crippen LogP contribution is -2.36. The van der Waals surface area contributed by atoms with E-state index in [0.717, 1.165) is 0 Å². The Morgan fingerprint density at radius 3 is 2.59 bits per heavy atom. The number of imidazole rings is 1. The van der Waals surface area contributed by atoms with Crippen molar-refractivity contribution in [1.82, 2.24) is 18.5 Å². The highest BCUT2D eigenvalue weighted by atomic mass is 32.1. The molecule has 0 radical (unpaired) electrons.